The summed E-state index contributed by atoms with van der Waals surface area (Å²) in [5.41, 5.74) is 5.18. The van der Waals surface area contributed by atoms with Gasteiger partial charge in [0.2, 0.25) is 0 Å². The van der Waals surface area contributed by atoms with E-state index >= 15 is 0 Å². The minimum absolute atomic E-state index is 1.03. The van der Waals surface area contributed by atoms with Gasteiger partial charge < -0.3 is 0 Å². The molecule has 0 atom stereocenters. The van der Waals surface area contributed by atoms with Crippen LogP contribution in [-0.2, 0) is 6.42 Å². The van der Waals surface area contributed by atoms with Crippen LogP contribution in [0.4, 0.5) is 0 Å². The fourth-order valence-corrected chi connectivity index (χ4v) is 2.04. The Kier molecular flexibility index (Phi) is 5.93. The Hall–Kier alpha value is -1.82. The van der Waals surface area contributed by atoms with Crippen LogP contribution in [0.5, 0.6) is 0 Å². The van der Waals surface area contributed by atoms with Crippen LogP contribution in [0.1, 0.15) is 31.4 Å². The lowest BCUT2D eigenvalue weighted by molar-refractivity contribution is 0.954. The molecular formula is C18H22. The van der Waals surface area contributed by atoms with Crippen molar-refractivity contribution >= 4 is 6.08 Å². The predicted molar refractivity (Wildman–Crippen MR) is 82.6 cm³/mol. The molecule has 0 amide bonds. The highest BCUT2D eigenvalue weighted by Crippen LogP contribution is 2.23. The third-order valence-electron chi connectivity index (χ3n) is 3.00. The molecule has 0 spiro atoms. The van der Waals surface area contributed by atoms with Crippen LogP contribution in [0.25, 0.3) is 6.08 Å². The topological polar surface area (TPSA) is 0 Å². The van der Waals surface area contributed by atoms with E-state index in [9.17, 15) is 0 Å². The van der Waals surface area contributed by atoms with Crippen molar-refractivity contribution in [2.24, 2.45) is 0 Å². The molecule has 1 aromatic rings. The number of benzene rings is 1. The lowest BCUT2D eigenvalue weighted by atomic mass is 9.93. The van der Waals surface area contributed by atoms with Crippen LogP contribution in [0.2, 0.25) is 0 Å². The first-order chi connectivity index (χ1) is 8.85. The molecule has 1 aliphatic carbocycles. The number of allylic oxidation sites excluding steroid dienone is 5. The number of fused-ring (bicyclic) bond motifs is 1. The number of rotatable bonds is 2. The van der Waals surface area contributed by atoms with E-state index in [2.05, 4.69) is 49.6 Å². The molecular weight excluding hydrogens is 216 g/mol. The average Bonchev–Trinajstić information content (AvgIpc) is 2.42. The molecule has 0 radical (unpaired) electrons. The fraction of sp³-hybridized carbons (Fsp3) is 0.222. The van der Waals surface area contributed by atoms with E-state index in [4.69, 9.17) is 0 Å². The lowest BCUT2D eigenvalue weighted by Gasteiger charge is -2.12. The second-order valence-corrected chi connectivity index (χ2v) is 3.92. The zero-order valence-electron chi connectivity index (χ0n) is 11.4. The molecule has 0 N–H and O–H groups in total. The van der Waals surface area contributed by atoms with Gasteiger partial charge in [-0.05, 0) is 35.1 Å². The fourth-order valence-electron chi connectivity index (χ4n) is 2.04. The van der Waals surface area contributed by atoms with Crippen molar-refractivity contribution in [3.63, 3.8) is 0 Å². The molecule has 0 fully saturated rings. The summed E-state index contributed by atoms with van der Waals surface area (Å²) in [6, 6.07) is 8.53. The molecule has 94 valence electrons. The molecule has 0 heterocycles. The van der Waals surface area contributed by atoms with Crippen LogP contribution in [0.3, 0.4) is 0 Å². The van der Waals surface area contributed by atoms with E-state index in [0.717, 1.165) is 12.8 Å². The van der Waals surface area contributed by atoms with Gasteiger partial charge in [-0.2, -0.15) is 0 Å². The van der Waals surface area contributed by atoms with Gasteiger partial charge in [0.25, 0.3) is 0 Å². The first kappa shape index (κ1) is 14.2. The van der Waals surface area contributed by atoms with Crippen molar-refractivity contribution in [3.8, 4) is 0 Å². The van der Waals surface area contributed by atoms with Crippen molar-refractivity contribution in [1.29, 1.82) is 0 Å². The maximum absolute atomic E-state index is 3.87. The molecule has 0 bridgehead atoms. The lowest BCUT2D eigenvalue weighted by Crippen LogP contribution is -1.95. The minimum atomic E-state index is 1.03. The van der Waals surface area contributed by atoms with Gasteiger partial charge in [-0.3, -0.25) is 0 Å². The quantitative estimate of drug-likeness (QED) is 0.652. The smallest absolute Gasteiger partial charge is 0.0224 e. The van der Waals surface area contributed by atoms with E-state index in [1.54, 1.807) is 0 Å². The van der Waals surface area contributed by atoms with Crippen molar-refractivity contribution < 1.29 is 0 Å². The summed E-state index contributed by atoms with van der Waals surface area (Å²) in [6.45, 7) is 11.7. The Bertz CT molecular complexity index is 473. The Morgan fingerprint density at radius 2 is 1.67 bits per heavy atom. The van der Waals surface area contributed by atoms with E-state index < -0.39 is 0 Å². The molecule has 0 saturated heterocycles. The van der Waals surface area contributed by atoms with Gasteiger partial charge >= 0.3 is 0 Å². The largest absolute Gasteiger partial charge is 0.0988 e. The van der Waals surface area contributed by atoms with Crippen molar-refractivity contribution in [2.75, 3.05) is 0 Å². The first-order valence-electron chi connectivity index (χ1n) is 6.59. The van der Waals surface area contributed by atoms with Gasteiger partial charge in [-0.1, -0.05) is 75.6 Å². The molecule has 0 saturated carbocycles. The highest BCUT2D eigenvalue weighted by Gasteiger charge is 2.05. The summed E-state index contributed by atoms with van der Waals surface area (Å²) in [5.74, 6) is 0. The van der Waals surface area contributed by atoms with Gasteiger partial charge in [0.1, 0.15) is 0 Å². The van der Waals surface area contributed by atoms with E-state index in [-0.39, 0.29) is 0 Å². The maximum atomic E-state index is 3.87. The average molecular weight is 238 g/mol. The van der Waals surface area contributed by atoms with Gasteiger partial charge in [0.15, 0.2) is 0 Å². The summed E-state index contributed by atoms with van der Waals surface area (Å²) in [4.78, 5) is 0. The molecule has 2 rings (SSSR count). The summed E-state index contributed by atoms with van der Waals surface area (Å²) < 4.78 is 0. The monoisotopic (exact) mass is 238 g/mol. The molecule has 0 aliphatic heterocycles. The van der Waals surface area contributed by atoms with E-state index in [1.165, 1.54) is 22.3 Å². The summed E-state index contributed by atoms with van der Waals surface area (Å²) in [6.07, 6.45) is 10.2. The Balaban J connectivity index is 0.000000771. The van der Waals surface area contributed by atoms with Crippen molar-refractivity contribution in [3.05, 3.63) is 77.9 Å². The maximum Gasteiger partial charge on any atom is -0.0224 e. The van der Waals surface area contributed by atoms with Crippen molar-refractivity contribution in [1.82, 2.24) is 0 Å². The predicted octanol–water partition coefficient (Wildman–Crippen LogP) is 5.34. The molecule has 0 aromatic heterocycles. The zero-order chi connectivity index (χ0) is 13.4. The molecule has 0 unspecified atom stereocenters. The van der Waals surface area contributed by atoms with Crippen LogP contribution >= 0.6 is 0 Å². The highest BCUT2D eigenvalue weighted by atomic mass is 14.1. The van der Waals surface area contributed by atoms with Gasteiger partial charge in [-0.25, -0.2) is 0 Å². The Morgan fingerprint density at radius 1 is 0.944 bits per heavy atom. The normalized spacial score (nSPS) is 19.4. The minimum Gasteiger partial charge on any atom is -0.0988 e. The summed E-state index contributed by atoms with van der Waals surface area (Å²) >= 11 is 0. The second-order valence-electron chi connectivity index (χ2n) is 3.92. The Labute approximate surface area is 111 Å². The van der Waals surface area contributed by atoms with Crippen molar-refractivity contribution in [2.45, 2.75) is 26.7 Å². The van der Waals surface area contributed by atoms with Gasteiger partial charge in [-0.15, -0.1) is 0 Å². The molecule has 1 aromatic carbocycles. The number of hydrogen-bond acceptors (Lipinski definition) is 0. The Morgan fingerprint density at radius 3 is 2.33 bits per heavy atom. The van der Waals surface area contributed by atoms with Crippen LogP contribution in [0.15, 0.2) is 66.8 Å². The number of hydrogen-bond donors (Lipinski definition) is 0. The zero-order valence-corrected chi connectivity index (χ0v) is 11.4. The second kappa shape index (κ2) is 7.50. The number of aryl methyl sites for hydroxylation is 1. The molecule has 18 heavy (non-hydrogen) atoms. The van der Waals surface area contributed by atoms with Gasteiger partial charge in [0.05, 0.1) is 0 Å². The standard InChI is InChI=1S/C16H16.C2H6/c1-3-13-9-11-15-7-5-6-8-16(15)12-10-14(13)4-2;1-2/h3-9,11H,1-2,10,12H2;1-2H3/b11-9-,14-13-;. The van der Waals surface area contributed by atoms with Gasteiger partial charge in [0, 0.05) is 0 Å². The summed E-state index contributed by atoms with van der Waals surface area (Å²) in [7, 11) is 0. The SMILES string of the molecule is C=CC1=C(\C=C)CCc2ccccc2/C=C\1.CC. The molecule has 0 heteroatoms. The van der Waals surface area contributed by atoms with E-state index in [1.807, 2.05) is 26.0 Å². The third kappa shape index (κ3) is 3.33. The third-order valence-corrected chi connectivity index (χ3v) is 3.00. The van der Waals surface area contributed by atoms with Crippen LogP contribution in [-0.4, -0.2) is 0 Å². The highest BCUT2D eigenvalue weighted by molar-refractivity contribution is 5.60. The van der Waals surface area contributed by atoms with Crippen LogP contribution < -0.4 is 0 Å². The summed E-state index contributed by atoms with van der Waals surface area (Å²) in [5, 5.41) is 0. The first-order valence-corrected chi connectivity index (χ1v) is 6.59. The molecule has 1 aliphatic rings. The molecule has 0 nitrogen and oxygen atoms in total. The van der Waals surface area contributed by atoms with E-state index in [0.29, 0.717) is 0 Å². The van der Waals surface area contributed by atoms with Crippen LogP contribution in [0, 0.1) is 0 Å².